The van der Waals surface area contributed by atoms with E-state index in [0.29, 0.717) is 6.42 Å². The summed E-state index contributed by atoms with van der Waals surface area (Å²) in [5.74, 6) is 0. The van der Waals surface area contributed by atoms with Crippen LogP contribution in [0, 0.1) is 0 Å². The van der Waals surface area contributed by atoms with Crippen molar-refractivity contribution in [3.63, 3.8) is 0 Å². The van der Waals surface area contributed by atoms with Gasteiger partial charge in [-0.15, -0.1) is 0 Å². The standard InChI is InChI=1S/C10H11AsF2/c11-10-4-2-1-3-8(10)7-9(13)5-6-12/h1-4,9H,5-7H2. The third kappa shape index (κ3) is 3.48. The van der Waals surface area contributed by atoms with Crippen LogP contribution >= 0.6 is 0 Å². The molecule has 0 nitrogen and oxygen atoms in total. The molecule has 70 valence electrons. The van der Waals surface area contributed by atoms with Crippen molar-refractivity contribution in [3.8, 4) is 0 Å². The van der Waals surface area contributed by atoms with E-state index in [9.17, 15) is 8.78 Å². The van der Waals surface area contributed by atoms with Crippen molar-refractivity contribution >= 4 is 21.2 Å². The summed E-state index contributed by atoms with van der Waals surface area (Å²) in [5.41, 5.74) is 0.948. The van der Waals surface area contributed by atoms with Crippen molar-refractivity contribution in [2.75, 3.05) is 6.67 Å². The molecule has 1 aromatic carbocycles. The monoisotopic (exact) mass is 244 g/mol. The van der Waals surface area contributed by atoms with Gasteiger partial charge in [-0.1, -0.05) is 0 Å². The van der Waals surface area contributed by atoms with Gasteiger partial charge in [0.1, 0.15) is 0 Å². The topological polar surface area (TPSA) is 0 Å². The second-order valence-electron chi connectivity index (χ2n) is 2.91. The summed E-state index contributed by atoms with van der Waals surface area (Å²) < 4.78 is 25.8. The van der Waals surface area contributed by atoms with Gasteiger partial charge in [0.25, 0.3) is 0 Å². The SMILES string of the molecule is FCCC(F)Cc1ccccc1[As]. The van der Waals surface area contributed by atoms with Gasteiger partial charge in [0, 0.05) is 0 Å². The molecule has 0 aliphatic rings. The first-order valence-corrected chi connectivity index (χ1v) is 5.14. The molecule has 0 saturated heterocycles. The summed E-state index contributed by atoms with van der Waals surface area (Å²) in [5, 5.41) is 0. The van der Waals surface area contributed by atoms with E-state index >= 15 is 0 Å². The van der Waals surface area contributed by atoms with Crippen LogP contribution in [0.3, 0.4) is 0 Å². The zero-order chi connectivity index (χ0) is 9.68. The van der Waals surface area contributed by atoms with Gasteiger partial charge in [-0.2, -0.15) is 0 Å². The molecule has 13 heavy (non-hydrogen) atoms. The Hall–Kier alpha value is -0.362. The maximum absolute atomic E-state index is 13.0. The molecular formula is C10H11AsF2. The first-order chi connectivity index (χ1) is 6.24. The van der Waals surface area contributed by atoms with E-state index in [1.165, 1.54) is 0 Å². The van der Waals surface area contributed by atoms with Crippen molar-refractivity contribution in [2.24, 2.45) is 0 Å². The molecule has 0 heterocycles. The van der Waals surface area contributed by atoms with Gasteiger partial charge < -0.3 is 0 Å². The van der Waals surface area contributed by atoms with Crippen molar-refractivity contribution < 1.29 is 8.78 Å². The molecule has 0 N–H and O–H groups in total. The van der Waals surface area contributed by atoms with Gasteiger partial charge in [-0.05, 0) is 0 Å². The van der Waals surface area contributed by atoms with Crippen molar-refractivity contribution in [1.82, 2.24) is 0 Å². The van der Waals surface area contributed by atoms with Crippen LogP contribution in [0.1, 0.15) is 12.0 Å². The fraction of sp³-hybridized carbons (Fsp3) is 0.400. The van der Waals surface area contributed by atoms with Crippen LogP contribution in [-0.4, -0.2) is 29.7 Å². The van der Waals surface area contributed by atoms with E-state index < -0.39 is 12.8 Å². The molecule has 1 atom stereocenters. The molecule has 1 aromatic rings. The molecule has 0 aliphatic heterocycles. The van der Waals surface area contributed by atoms with Crippen LogP contribution in [0.15, 0.2) is 24.3 Å². The van der Waals surface area contributed by atoms with Crippen molar-refractivity contribution in [3.05, 3.63) is 29.8 Å². The van der Waals surface area contributed by atoms with Gasteiger partial charge in [-0.25, -0.2) is 0 Å². The number of hydrogen-bond donors (Lipinski definition) is 0. The summed E-state index contributed by atoms with van der Waals surface area (Å²) in [6, 6.07) is 7.56. The first-order valence-electron chi connectivity index (χ1n) is 4.21. The van der Waals surface area contributed by atoms with Crippen LogP contribution in [0.4, 0.5) is 8.78 Å². The number of halogens is 2. The predicted octanol–water partition coefficient (Wildman–Crippen LogP) is 1.72. The molecule has 0 aromatic heterocycles. The molecule has 0 fully saturated rings. The molecular weight excluding hydrogens is 233 g/mol. The van der Waals surface area contributed by atoms with E-state index in [4.69, 9.17) is 0 Å². The zero-order valence-corrected chi connectivity index (χ0v) is 9.09. The van der Waals surface area contributed by atoms with Gasteiger partial charge in [0.05, 0.1) is 0 Å². The number of alkyl halides is 2. The number of benzene rings is 1. The minimum absolute atomic E-state index is 0.00132. The molecule has 1 unspecified atom stereocenters. The molecule has 0 bridgehead atoms. The summed E-state index contributed by atoms with van der Waals surface area (Å²) in [7, 11) is 0. The molecule has 2 radical (unpaired) electrons. The van der Waals surface area contributed by atoms with Crippen LogP contribution in [-0.2, 0) is 6.42 Å². The Bertz CT molecular complexity index is 263. The van der Waals surface area contributed by atoms with E-state index in [1.54, 1.807) is 0 Å². The van der Waals surface area contributed by atoms with Crippen molar-refractivity contribution in [2.45, 2.75) is 19.0 Å². The van der Waals surface area contributed by atoms with E-state index in [-0.39, 0.29) is 6.42 Å². The fourth-order valence-electron chi connectivity index (χ4n) is 1.14. The third-order valence-electron chi connectivity index (χ3n) is 1.86. The molecule has 0 aliphatic carbocycles. The van der Waals surface area contributed by atoms with Crippen molar-refractivity contribution in [1.29, 1.82) is 0 Å². The van der Waals surface area contributed by atoms with Gasteiger partial charge in [-0.3, -0.25) is 0 Å². The molecule has 1 rings (SSSR count). The van der Waals surface area contributed by atoms with Gasteiger partial charge in [0.15, 0.2) is 0 Å². The molecule has 3 heteroatoms. The third-order valence-corrected chi connectivity index (χ3v) is 2.77. The number of rotatable bonds is 4. The quantitative estimate of drug-likeness (QED) is 0.707. The van der Waals surface area contributed by atoms with Gasteiger partial charge >= 0.3 is 85.5 Å². The summed E-state index contributed by atoms with van der Waals surface area (Å²) in [6.45, 7) is -0.581. The summed E-state index contributed by atoms with van der Waals surface area (Å²) in [6.07, 6.45) is -0.744. The Kier molecular flexibility index (Phi) is 4.44. The normalized spacial score (nSPS) is 12.8. The Balaban J connectivity index is 2.58. The molecule has 0 spiro atoms. The van der Waals surface area contributed by atoms with E-state index in [0.717, 1.165) is 9.91 Å². The van der Waals surface area contributed by atoms with Crippen LogP contribution in [0.5, 0.6) is 0 Å². The second-order valence-corrected chi connectivity index (χ2v) is 3.92. The van der Waals surface area contributed by atoms with Crippen LogP contribution in [0.25, 0.3) is 0 Å². The molecule has 0 amide bonds. The minimum atomic E-state index is -1.06. The Labute approximate surface area is 85.8 Å². The average molecular weight is 244 g/mol. The van der Waals surface area contributed by atoms with Crippen LogP contribution in [0.2, 0.25) is 0 Å². The Morgan fingerprint density at radius 3 is 2.62 bits per heavy atom. The number of hydrogen-bond acceptors (Lipinski definition) is 0. The first kappa shape index (κ1) is 10.7. The predicted molar refractivity (Wildman–Crippen MR) is 51.0 cm³/mol. The summed E-state index contributed by atoms with van der Waals surface area (Å²) in [4.78, 5) is 0. The Morgan fingerprint density at radius 1 is 1.31 bits per heavy atom. The van der Waals surface area contributed by atoms with E-state index in [2.05, 4.69) is 16.9 Å². The average Bonchev–Trinajstić information content (AvgIpc) is 2.09. The second kappa shape index (κ2) is 5.39. The maximum atomic E-state index is 13.0. The van der Waals surface area contributed by atoms with E-state index in [1.807, 2.05) is 24.3 Å². The summed E-state index contributed by atoms with van der Waals surface area (Å²) >= 11 is 2.40. The fourth-order valence-corrected chi connectivity index (χ4v) is 1.67. The zero-order valence-electron chi connectivity index (χ0n) is 7.21. The van der Waals surface area contributed by atoms with Gasteiger partial charge in [0.2, 0.25) is 0 Å². The Morgan fingerprint density at radius 2 is 2.00 bits per heavy atom. The molecule has 0 saturated carbocycles. The van der Waals surface area contributed by atoms with Crippen LogP contribution < -0.4 is 4.35 Å².